The summed E-state index contributed by atoms with van der Waals surface area (Å²) in [6, 6.07) is 0. The molecule has 3 nitrogen and oxygen atoms in total. The van der Waals surface area contributed by atoms with Crippen LogP contribution in [0.4, 0.5) is 0 Å². The van der Waals surface area contributed by atoms with Crippen molar-refractivity contribution in [2.24, 2.45) is 0 Å². The summed E-state index contributed by atoms with van der Waals surface area (Å²) >= 11 is 0. The summed E-state index contributed by atoms with van der Waals surface area (Å²) in [6.45, 7) is 0. The molecule has 1 fully saturated rings. The second kappa shape index (κ2) is 6.24. The Morgan fingerprint density at radius 1 is 1.11 bits per heavy atom. The summed E-state index contributed by atoms with van der Waals surface area (Å²) in [4.78, 5) is 2.15. The highest BCUT2D eigenvalue weighted by molar-refractivity contribution is 6.71. The fraction of sp³-hybridized carbons (Fsp3) is 0.733. The van der Waals surface area contributed by atoms with Crippen molar-refractivity contribution in [3.8, 4) is 0 Å². The minimum atomic E-state index is -2.19. The van der Waals surface area contributed by atoms with Gasteiger partial charge in [0.25, 0.3) is 0 Å². The van der Waals surface area contributed by atoms with Gasteiger partial charge in [0.2, 0.25) is 0 Å². The van der Waals surface area contributed by atoms with E-state index in [9.17, 15) is 0 Å². The molecule has 108 valence electrons. The Labute approximate surface area is 118 Å². The van der Waals surface area contributed by atoms with Crippen LogP contribution < -0.4 is 0 Å². The van der Waals surface area contributed by atoms with Crippen LogP contribution in [0.25, 0.3) is 0 Å². The second-order valence-electron chi connectivity index (χ2n) is 5.84. The Bertz CT molecular complexity index is 355. The van der Waals surface area contributed by atoms with Gasteiger partial charge >= 0.3 is 8.56 Å². The van der Waals surface area contributed by atoms with Crippen molar-refractivity contribution in [3.63, 3.8) is 0 Å². The molecule has 0 radical (unpaired) electrons. The van der Waals surface area contributed by atoms with Crippen LogP contribution in [0.3, 0.4) is 0 Å². The number of hydrogen-bond acceptors (Lipinski definition) is 3. The second-order valence-corrected chi connectivity index (χ2v) is 9.58. The summed E-state index contributed by atoms with van der Waals surface area (Å²) in [5, 5.41) is 0. The fourth-order valence-corrected chi connectivity index (χ4v) is 7.41. The number of rotatable bonds is 5. The zero-order valence-corrected chi connectivity index (χ0v) is 13.7. The lowest BCUT2D eigenvalue weighted by atomic mass is 10.0. The predicted octanol–water partition coefficient (Wildman–Crippen LogP) is 3.44. The molecule has 0 aliphatic heterocycles. The van der Waals surface area contributed by atoms with Gasteiger partial charge in [0.1, 0.15) is 0 Å². The molecule has 1 saturated carbocycles. The van der Waals surface area contributed by atoms with Gasteiger partial charge < -0.3 is 13.8 Å². The van der Waals surface area contributed by atoms with Crippen molar-refractivity contribution in [3.05, 3.63) is 23.9 Å². The lowest BCUT2D eigenvalue weighted by Crippen LogP contribution is -2.49. The van der Waals surface area contributed by atoms with Gasteiger partial charge in [0.05, 0.1) is 0 Å². The lowest BCUT2D eigenvalue weighted by Gasteiger charge is -2.40. The molecule has 0 heterocycles. The third-order valence-corrected chi connectivity index (χ3v) is 8.90. The van der Waals surface area contributed by atoms with Crippen LogP contribution in [0, 0.1) is 0 Å². The predicted molar refractivity (Wildman–Crippen MR) is 81.3 cm³/mol. The van der Waals surface area contributed by atoms with Crippen molar-refractivity contribution in [2.75, 3.05) is 28.3 Å². The van der Waals surface area contributed by atoms with Crippen LogP contribution in [-0.4, -0.2) is 41.8 Å². The molecule has 2 rings (SSSR count). The summed E-state index contributed by atoms with van der Waals surface area (Å²) in [5.74, 6) is 0. The van der Waals surface area contributed by atoms with E-state index in [1.165, 1.54) is 37.8 Å². The van der Waals surface area contributed by atoms with Gasteiger partial charge in [0, 0.05) is 45.1 Å². The van der Waals surface area contributed by atoms with E-state index in [0.29, 0.717) is 11.1 Å². The maximum absolute atomic E-state index is 6.04. The number of likely N-dealkylation sites (N-methyl/N-ethyl adjacent to an activating group) is 1. The molecule has 0 bridgehead atoms. The highest BCUT2D eigenvalue weighted by atomic mass is 28.4. The molecule has 0 spiro atoms. The van der Waals surface area contributed by atoms with Gasteiger partial charge in [-0.05, 0) is 18.9 Å². The van der Waals surface area contributed by atoms with Crippen molar-refractivity contribution in [1.82, 2.24) is 4.90 Å². The van der Waals surface area contributed by atoms with E-state index in [-0.39, 0.29) is 0 Å². The normalized spacial score (nSPS) is 24.6. The van der Waals surface area contributed by atoms with Crippen molar-refractivity contribution < 1.29 is 8.85 Å². The SMILES string of the molecule is CO[Si](OC)(C1C=CC(N(C)C)=C1)C1CCCCC1. The van der Waals surface area contributed by atoms with Crippen LogP contribution in [0.15, 0.2) is 23.9 Å². The minimum absolute atomic E-state index is 0.350. The Hall–Kier alpha value is -0.583. The van der Waals surface area contributed by atoms with Gasteiger partial charge in [0.15, 0.2) is 0 Å². The molecule has 0 amide bonds. The topological polar surface area (TPSA) is 21.7 Å². The summed E-state index contributed by atoms with van der Waals surface area (Å²) in [5.41, 5.74) is 2.25. The molecule has 1 unspecified atom stereocenters. The molecule has 0 N–H and O–H groups in total. The number of allylic oxidation sites excluding steroid dienone is 3. The number of nitrogens with zero attached hydrogens (tertiary/aromatic N) is 1. The molecule has 2 aliphatic rings. The van der Waals surface area contributed by atoms with Crippen molar-refractivity contribution in [2.45, 2.75) is 43.2 Å². The van der Waals surface area contributed by atoms with E-state index in [1.807, 2.05) is 14.2 Å². The van der Waals surface area contributed by atoms with Gasteiger partial charge in [-0.2, -0.15) is 0 Å². The third-order valence-electron chi connectivity index (χ3n) is 4.62. The smallest absolute Gasteiger partial charge is 0.351 e. The van der Waals surface area contributed by atoms with E-state index in [4.69, 9.17) is 8.85 Å². The van der Waals surface area contributed by atoms with Crippen LogP contribution in [0.5, 0.6) is 0 Å². The molecule has 1 atom stereocenters. The first kappa shape index (κ1) is 14.8. The first-order chi connectivity index (χ1) is 9.14. The molecular formula is C15H27NO2Si. The Balaban J connectivity index is 2.22. The third kappa shape index (κ3) is 2.80. The summed E-state index contributed by atoms with van der Waals surface area (Å²) in [7, 11) is 5.68. The number of hydrogen-bond donors (Lipinski definition) is 0. The highest BCUT2D eigenvalue weighted by Crippen LogP contribution is 2.46. The standard InChI is InChI=1S/C15H27NO2Si/c1-16(2)13-10-11-15(12-13)19(17-3,18-4)14-8-6-5-7-9-14/h10-12,14-15H,5-9H2,1-4H3. The van der Waals surface area contributed by atoms with Crippen LogP contribution in [0.1, 0.15) is 32.1 Å². The lowest BCUT2D eigenvalue weighted by molar-refractivity contribution is 0.214. The highest BCUT2D eigenvalue weighted by Gasteiger charge is 2.50. The van der Waals surface area contributed by atoms with Gasteiger partial charge in [-0.1, -0.05) is 31.4 Å². The first-order valence-electron chi connectivity index (χ1n) is 7.31. The van der Waals surface area contributed by atoms with E-state index < -0.39 is 8.56 Å². The minimum Gasteiger partial charge on any atom is -0.397 e. The maximum Gasteiger partial charge on any atom is 0.351 e. The Morgan fingerprint density at radius 3 is 2.21 bits per heavy atom. The average molecular weight is 281 g/mol. The molecular weight excluding hydrogens is 254 g/mol. The molecule has 19 heavy (non-hydrogen) atoms. The van der Waals surface area contributed by atoms with Gasteiger partial charge in [-0.15, -0.1) is 0 Å². The summed E-state index contributed by atoms with van der Waals surface area (Å²) in [6.07, 6.45) is 13.4. The van der Waals surface area contributed by atoms with Crippen LogP contribution in [-0.2, 0) is 8.85 Å². The molecule has 0 aromatic carbocycles. The van der Waals surface area contributed by atoms with E-state index in [2.05, 4.69) is 37.2 Å². The molecule has 0 aromatic rings. The molecule has 2 aliphatic carbocycles. The fourth-order valence-electron chi connectivity index (χ4n) is 3.51. The maximum atomic E-state index is 6.04. The van der Waals surface area contributed by atoms with Gasteiger partial charge in [-0.3, -0.25) is 0 Å². The van der Waals surface area contributed by atoms with E-state index >= 15 is 0 Å². The van der Waals surface area contributed by atoms with Crippen LogP contribution in [0.2, 0.25) is 11.1 Å². The monoisotopic (exact) mass is 281 g/mol. The molecule has 0 saturated heterocycles. The van der Waals surface area contributed by atoms with Crippen molar-refractivity contribution in [1.29, 1.82) is 0 Å². The van der Waals surface area contributed by atoms with Crippen LogP contribution >= 0.6 is 0 Å². The first-order valence-corrected chi connectivity index (χ1v) is 9.29. The summed E-state index contributed by atoms with van der Waals surface area (Å²) < 4.78 is 12.1. The largest absolute Gasteiger partial charge is 0.397 e. The van der Waals surface area contributed by atoms with Crippen molar-refractivity contribution >= 4 is 8.56 Å². The van der Waals surface area contributed by atoms with E-state index in [1.54, 1.807) is 0 Å². The quantitative estimate of drug-likeness (QED) is 0.721. The average Bonchev–Trinajstić information content (AvgIpc) is 2.93. The molecule has 0 aromatic heterocycles. The Morgan fingerprint density at radius 2 is 1.74 bits per heavy atom. The Kier molecular flexibility index (Phi) is 4.87. The molecule has 4 heteroatoms. The van der Waals surface area contributed by atoms with E-state index in [0.717, 1.165) is 0 Å². The zero-order chi connectivity index (χ0) is 13.9. The van der Waals surface area contributed by atoms with Gasteiger partial charge in [-0.25, -0.2) is 0 Å². The zero-order valence-electron chi connectivity index (χ0n) is 12.7.